The number of methoxy groups -OCH3 is 1. The third kappa shape index (κ3) is 6.50. The molecule has 8 rings (SSSR count). The number of nitro groups is 1. The highest BCUT2D eigenvalue weighted by Gasteiger charge is 2.66. The van der Waals surface area contributed by atoms with Crippen molar-refractivity contribution < 1.29 is 24.3 Å². The molecule has 1 N–H and O–H groups in total. The first kappa shape index (κ1) is 37.9. The van der Waals surface area contributed by atoms with Crippen molar-refractivity contribution in [2.24, 2.45) is 5.92 Å². The summed E-state index contributed by atoms with van der Waals surface area (Å²) >= 11 is 0. The molecule has 0 bridgehead atoms. The molecule has 2 aliphatic heterocycles. The second kappa shape index (κ2) is 14.8. The zero-order chi connectivity index (χ0) is 40.1. The van der Waals surface area contributed by atoms with E-state index in [1.807, 2.05) is 61.7 Å². The minimum Gasteiger partial charge on any atom is -0.497 e. The first-order valence-electron chi connectivity index (χ1n) is 19.0. The van der Waals surface area contributed by atoms with Crippen LogP contribution in [0.5, 0.6) is 5.75 Å². The number of nitrogens with zero attached hydrogens (tertiary/aromatic N) is 7. The van der Waals surface area contributed by atoms with E-state index < -0.39 is 30.6 Å². The molecule has 1 fully saturated rings. The molecule has 15 heteroatoms. The Morgan fingerprint density at radius 3 is 2.56 bits per heavy atom. The Labute approximate surface area is 329 Å². The average Bonchev–Trinajstić information content (AvgIpc) is 3.87. The van der Waals surface area contributed by atoms with E-state index in [0.717, 1.165) is 21.9 Å². The Morgan fingerprint density at radius 2 is 1.81 bits per heavy atom. The Morgan fingerprint density at radius 1 is 1.02 bits per heavy atom. The Balaban J connectivity index is 1.20. The van der Waals surface area contributed by atoms with E-state index in [4.69, 9.17) is 9.47 Å². The number of carbonyl (C=O) groups is 1. The Hall–Kier alpha value is -6.03. The lowest BCUT2D eigenvalue weighted by atomic mass is 9.82. The van der Waals surface area contributed by atoms with Crippen molar-refractivity contribution >= 4 is 41.3 Å². The number of hydrogen-bond acceptors (Lipinski definition) is 10. The maximum absolute atomic E-state index is 15.3. The summed E-state index contributed by atoms with van der Waals surface area (Å²) in [5.41, 5.74) is 0.933. The van der Waals surface area contributed by atoms with Gasteiger partial charge in [-0.3, -0.25) is 24.4 Å². The first-order valence-corrected chi connectivity index (χ1v) is 22.0. The van der Waals surface area contributed by atoms with E-state index in [0.29, 0.717) is 47.4 Å². The summed E-state index contributed by atoms with van der Waals surface area (Å²) in [6.45, 7) is 7.13. The van der Waals surface area contributed by atoms with Gasteiger partial charge in [0.05, 0.1) is 61.4 Å². The monoisotopic (exact) mass is 785 g/mol. The molecule has 2 aliphatic rings. The van der Waals surface area contributed by atoms with Gasteiger partial charge in [-0.2, -0.15) is 9.78 Å². The van der Waals surface area contributed by atoms with Crippen LogP contribution in [-0.2, 0) is 34.6 Å². The fourth-order valence-electron chi connectivity index (χ4n) is 9.02. The molecule has 1 spiro atoms. The van der Waals surface area contributed by atoms with E-state index in [-0.39, 0.29) is 35.8 Å². The van der Waals surface area contributed by atoms with Crippen molar-refractivity contribution in [1.82, 2.24) is 24.8 Å². The lowest BCUT2D eigenvalue weighted by Gasteiger charge is -2.37. The van der Waals surface area contributed by atoms with Gasteiger partial charge in [0.15, 0.2) is 5.60 Å². The van der Waals surface area contributed by atoms with Crippen molar-refractivity contribution in [3.8, 4) is 11.4 Å². The molecule has 6 aromatic rings. The zero-order valence-corrected chi connectivity index (χ0v) is 33.1. The van der Waals surface area contributed by atoms with Crippen LogP contribution in [0, 0.1) is 16.0 Å². The number of amides is 1. The summed E-state index contributed by atoms with van der Waals surface area (Å²) in [5, 5.41) is 37.0. The standard InChI is InChI=1S/C42H43N7O7Si/c1-27-39(57(3,4)34-15-13-33(55-2)14-16-34)38(18-20-46-26-30(19-21-50)44-45-46)56-42(27)36-23-32(49(53)54)12-17-37(36)47(41(42)52)25-28-8-7-10-31(22-28)48-40(51)35-11-6-5-9-29(35)24-43-48/h5-17,22-24,26-27,38-39,50H,18-21,25H2,1-4H3/t27-,38+,39-,42+/m0/s1. The van der Waals surface area contributed by atoms with Crippen molar-refractivity contribution in [2.45, 2.75) is 63.2 Å². The van der Waals surface area contributed by atoms with Crippen LogP contribution in [0.1, 0.15) is 30.2 Å². The number of benzene rings is 4. The Bertz CT molecular complexity index is 2560. The number of carbonyl (C=O) groups excluding carboxylic acids is 1. The number of aryl methyl sites for hydroxylation is 1. The maximum atomic E-state index is 15.3. The molecule has 292 valence electrons. The van der Waals surface area contributed by atoms with Gasteiger partial charge >= 0.3 is 0 Å². The fourth-order valence-corrected chi connectivity index (χ4v) is 13.1. The average molecular weight is 786 g/mol. The molecule has 0 unspecified atom stereocenters. The molecule has 4 heterocycles. The molecule has 4 aromatic carbocycles. The highest BCUT2D eigenvalue weighted by molar-refractivity contribution is 6.91. The second-order valence-corrected chi connectivity index (χ2v) is 20.0. The molecule has 0 aliphatic carbocycles. The largest absolute Gasteiger partial charge is 0.497 e. The number of non-ortho nitro benzene ring substituents is 1. The summed E-state index contributed by atoms with van der Waals surface area (Å²) in [5.74, 6) is 0.0530. The van der Waals surface area contributed by atoms with Gasteiger partial charge in [-0.1, -0.05) is 72.9 Å². The highest BCUT2D eigenvalue weighted by atomic mass is 28.3. The second-order valence-electron chi connectivity index (χ2n) is 15.4. The summed E-state index contributed by atoms with van der Waals surface area (Å²) in [7, 11) is -0.873. The van der Waals surface area contributed by atoms with Gasteiger partial charge in [0, 0.05) is 54.8 Å². The van der Waals surface area contributed by atoms with Gasteiger partial charge in [0.25, 0.3) is 17.2 Å². The zero-order valence-electron chi connectivity index (χ0n) is 32.1. The van der Waals surface area contributed by atoms with Crippen molar-refractivity contribution in [3.05, 3.63) is 141 Å². The molecule has 1 amide bonds. The van der Waals surface area contributed by atoms with Crippen molar-refractivity contribution in [1.29, 1.82) is 0 Å². The number of aliphatic hydroxyl groups is 1. The summed E-state index contributed by atoms with van der Waals surface area (Å²) in [6, 6.07) is 27.2. The third-order valence-corrected chi connectivity index (χ3v) is 16.2. The number of nitro benzene ring substituents is 1. The van der Waals surface area contributed by atoms with Crippen LogP contribution in [0.4, 0.5) is 11.4 Å². The summed E-state index contributed by atoms with van der Waals surface area (Å²) < 4.78 is 15.7. The van der Waals surface area contributed by atoms with Crippen LogP contribution in [0.15, 0.2) is 108 Å². The number of fused-ring (bicyclic) bond motifs is 3. The smallest absolute Gasteiger partial charge is 0.279 e. The fraction of sp³-hybridized carbons (Fsp3) is 0.310. The van der Waals surface area contributed by atoms with Gasteiger partial charge in [0.2, 0.25) is 0 Å². The molecule has 57 heavy (non-hydrogen) atoms. The van der Waals surface area contributed by atoms with Gasteiger partial charge in [-0.25, -0.2) is 0 Å². The molecule has 14 nitrogen and oxygen atoms in total. The van der Waals surface area contributed by atoms with Crippen molar-refractivity contribution in [3.63, 3.8) is 0 Å². The number of hydrogen-bond donors (Lipinski definition) is 1. The van der Waals surface area contributed by atoms with Crippen LogP contribution in [0.2, 0.25) is 18.6 Å². The number of aliphatic hydroxyl groups excluding tert-OH is 1. The lowest BCUT2D eigenvalue weighted by molar-refractivity contribution is -0.385. The quantitative estimate of drug-likeness (QED) is 0.0980. The number of ether oxygens (including phenoxy) is 2. The third-order valence-electron chi connectivity index (χ3n) is 11.8. The van der Waals surface area contributed by atoms with Gasteiger partial charge in [-0.05, 0) is 53.9 Å². The van der Waals surface area contributed by atoms with Gasteiger partial charge in [0.1, 0.15) is 5.75 Å². The van der Waals surface area contributed by atoms with Gasteiger partial charge < -0.3 is 19.5 Å². The van der Waals surface area contributed by atoms with Crippen LogP contribution in [0.25, 0.3) is 16.5 Å². The van der Waals surface area contributed by atoms with E-state index in [9.17, 15) is 20.0 Å². The van der Waals surface area contributed by atoms with Crippen LogP contribution in [0.3, 0.4) is 0 Å². The van der Waals surface area contributed by atoms with E-state index in [2.05, 4.69) is 40.6 Å². The van der Waals surface area contributed by atoms with Crippen LogP contribution < -0.4 is 20.4 Å². The van der Waals surface area contributed by atoms with Crippen LogP contribution >= 0.6 is 0 Å². The predicted octanol–water partition coefficient (Wildman–Crippen LogP) is 5.28. The predicted molar refractivity (Wildman–Crippen MR) is 217 cm³/mol. The maximum Gasteiger partial charge on any atom is 0.279 e. The van der Waals surface area contributed by atoms with E-state index >= 15 is 4.79 Å². The van der Waals surface area contributed by atoms with E-state index in [1.54, 1.807) is 41.1 Å². The molecule has 4 atom stereocenters. The van der Waals surface area contributed by atoms with Gasteiger partial charge in [-0.15, -0.1) is 5.10 Å². The molecule has 2 aromatic heterocycles. The van der Waals surface area contributed by atoms with E-state index in [1.165, 1.54) is 16.8 Å². The number of aromatic nitrogens is 5. The highest BCUT2D eigenvalue weighted by Crippen LogP contribution is 2.60. The molecular weight excluding hydrogens is 743 g/mol. The summed E-state index contributed by atoms with van der Waals surface area (Å²) in [6.07, 6.45) is 3.91. The molecule has 1 saturated heterocycles. The van der Waals surface area contributed by atoms with Crippen LogP contribution in [-0.4, -0.2) is 68.6 Å². The number of anilines is 1. The topological polar surface area (TPSA) is 168 Å². The van der Waals surface area contributed by atoms with Crippen molar-refractivity contribution in [2.75, 3.05) is 18.6 Å². The molecule has 0 radical (unpaired) electrons. The Kier molecular flexibility index (Phi) is 9.83. The minimum atomic E-state index is -2.50. The number of rotatable bonds is 12. The molecule has 0 saturated carbocycles. The molecular formula is C42H43N7O7Si. The summed E-state index contributed by atoms with van der Waals surface area (Å²) in [4.78, 5) is 42.3. The minimum absolute atomic E-state index is 0.0402. The lowest BCUT2D eigenvalue weighted by Crippen LogP contribution is -2.51. The normalized spacial score (nSPS) is 20.4. The SMILES string of the molecule is COc1ccc([Si](C)(C)[C@@H]2[C@@H](CCn3cc(CCO)nn3)O[C@]3(C(=O)N(Cc4cccc(-n5ncc6ccccc6c5=O)c4)c4ccc([N+](=O)[O-])cc43)[C@H]2C)cc1. The first-order chi connectivity index (χ1) is 27.5.